The van der Waals surface area contributed by atoms with Crippen molar-refractivity contribution >= 4 is 17.5 Å². The van der Waals surface area contributed by atoms with Gasteiger partial charge in [-0.3, -0.25) is 4.79 Å². The number of nitrogens with one attached hydrogen (secondary N) is 1. The van der Waals surface area contributed by atoms with E-state index in [4.69, 9.17) is 25.8 Å². The van der Waals surface area contributed by atoms with Gasteiger partial charge < -0.3 is 19.5 Å². The monoisotopic (exact) mass is 363 g/mol. The fraction of sp³-hybridized carbons (Fsp3) is 0.316. The maximum Gasteiger partial charge on any atom is 0.261 e. The third-order valence-corrected chi connectivity index (χ3v) is 3.66. The molecule has 2 unspecified atom stereocenters. The molecular formula is C19H22ClNO4. The molecule has 2 atom stereocenters. The molecule has 0 bridgehead atoms. The van der Waals surface area contributed by atoms with Gasteiger partial charge >= 0.3 is 0 Å². The lowest BCUT2D eigenvalue weighted by Gasteiger charge is -2.19. The van der Waals surface area contributed by atoms with E-state index in [2.05, 4.69) is 5.32 Å². The van der Waals surface area contributed by atoms with Crippen LogP contribution in [0, 0.1) is 0 Å². The van der Waals surface area contributed by atoms with Crippen LogP contribution < -0.4 is 19.5 Å². The van der Waals surface area contributed by atoms with E-state index in [0.29, 0.717) is 23.1 Å². The van der Waals surface area contributed by atoms with E-state index >= 15 is 0 Å². The predicted octanol–water partition coefficient (Wildman–Crippen LogP) is 3.70. The van der Waals surface area contributed by atoms with Crippen molar-refractivity contribution in [3.8, 4) is 17.2 Å². The van der Waals surface area contributed by atoms with Crippen LogP contribution in [0.15, 0.2) is 48.5 Å². The number of carbonyl (C=O) groups excluding carboxylic acids is 1. The van der Waals surface area contributed by atoms with Crippen LogP contribution in [-0.4, -0.2) is 31.8 Å². The Bertz CT molecular complexity index is 690. The van der Waals surface area contributed by atoms with Crippen molar-refractivity contribution in [3.63, 3.8) is 0 Å². The third-order valence-electron chi connectivity index (χ3n) is 3.43. The molecule has 0 aliphatic heterocycles. The Labute approximate surface area is 152 Å². The Morgan fingerprint density at radius 1 is 1.08 bits per heavy atom. The molecule has 0 radical (unpaired) electrons. The highest BCUT2D eigenvalue weighted by Gasteiger charge is 2.17. The van der Waals surface area contributed by atoms with E-state index < -0.39 is 6.10 Å². The molecule has 0 spiro atoms. The van der Waals surface area contributed by atoms with Crippen molar-refractivity contribution in [1.82, 2.24) is 5.32 Å². The first kappa shape index (κ1) is 18.9. The summed E-state index contributed by atoms with van der Waals surface area (Å²) in [6.07, 6.45) is -0.637. The van der Waals surface area contributed by atoms with E-state index in [-0.39, 0.29) is 11.9 Å². The van der Waals surface area contributed by atoms with Gasteiger partial charge in [0.25, 0.3) is 5.91 Å². The number of carbonyl (C=O) groups is 1. The first-order valence-electron chi connectivity index (χ1n) is 7.97. The Morgan fingerprint density at radius 3 is 2.40 bits per heavy atom. The molecule has 0 heterocycles. The zero-order valence-electron chi connectivity index (χ0n) is 14.5. The van der Waals surface area contributed by atoms with E-state index in [0.717, 1.165) is 5.75 Å². The van der Waals surface area contributed by atoms with Crippen LogP contribution >= 0.6 is 11.6 Å². The summed E-state index contributed by atoms with van der Waals surface area (Å²) in [5.41, 5.74) is 0. The fourth-order valence-electron chi connectivity index (χ4n) is 2.09. The minimum atomic E-state index is -0.637. The standard InChI is InChI=1S/C19H22ClNO4/c1-13(12-24-17-9-7-16(23-3)8-10-17)21-19(22)14(2)25-18-6-4-5-15(20)11-18/h4-11,13-14H,12H2,1-3H3,(H,21,22). The van der Waals surface area contributed by atoms with Gasteiger partial charge in [0.1, 0.15) is 23.9 Å². The van der Waals surface area contributed by atoms with Crippen LogP contribution in [0.5, 0.6) is 17.2 Å². The van der Waals surface area contributed by atoms with Crippen LogP contribution in [-0.2, 0) is 4.79 Å². The lowest BCUT2D eigenvalue weighted by molar-refractivity contribution is -0.128. The summed E-state index contributed by atoms with van der Waals surface area (Å²) in [4.78, 5) is 12.2. The minimum Gasteiger partial charge on any atom is -0.497 e. The van der Waals surface area contributed by atoms with Crippen molar-refractivity contribution in [2.24, 2.45) is 0 Å². The second-order valence-corrected chi connectivity index (χ2v) is 6.05. The van der Waals surface area contributed by atoms with Gasteiger partial charge in [0.05, 0.1) is 13.2 Å². The summed E-state index contributed by atoms with van der Waals surface area (Å²) in [6, 6.07) is 14.0. The molecule has 2 aromatic carbocycles. The topological polar surface area (TPSA) is 56.8 Å². The van der Waals surface area contributed by atoms with Gasteiger partial charge in [-0.15, -0.1) is 0 Å². The Morgan fingerprint density at radius 2 is 1.76 bits per heavy atom. The number of methoxy groups -OCH3 is 1. The van der Waals surface area contributed by atoms with Crippen molar-refractivity contribution in [2.75, 3.05) is 13.7 Å². The quantitative estimate of drug-likeness (QED) is 0.777. The summed E-state index contributed by atoms with van der Waals surface area (Å²) >= 11 is 5.91. The van der Waals surface area contributed by atoms with Gasteiger partial charge in [-0.1, -0.05) is 17.7 Å². The highest BCUT2D eigenvalue weighted by atomic mass is 35.5. The van der Waals surface area contributed by atoms with Crippen molar-refractivity contribution in [2.45, 2.75) is 26.0 Å². The molecule has 0 aliphatic carbocycles. The molecule has 5 nitrogen and oxygen atoms in total. The summed E-state index contributed by atoms with van der Waals surface area (Å²) in [5.74, 6) is 1.81. The number of ether oxygens (including phenoxy) is 3. The lowest BCUT2D eigenvalue weighted by Crippen LogP contribution is -2.43. The van der Waals surface area contributed by atoms with Crippen molar-refractivity contribution < 1.29 is 19.0 Å². The average Bonchev–Trinajstić information content (AvgIpc) is 2.60. The average molecular weight is 364 g/mol. The summed E-state index contributed by atoms with van der Waals surface area (Å²) < 4.78 is 16.3. The number of hydrogen-bond donors (Lipinski definition) is 1. The Hall–Kier alpha value is -2.40. The first-order chi connectivity index (χ1) is 12.0. The third kappa shape index (κ3) is 6.19. The number of amides is 1. The zero-order chi connectivity index (χ0) is 18.2. The molecule has 25 heavy (non-hydrogen) atoms. The molecule has 6 heteroatoms. The first-order valence-corrected chi connectivity index (χ1v) is 8.35. The molecule has 2 rings (SSSR count). The molecule has 2 aromatic rings. The maximum atomic E-state index is 12.2. The predicted molar refractivity (Wildman–Crippen MR) is 97.6 cm³/mol. The van der Waals surface area contributed by atoms with E-state index in [1.54, 1.807) is 38.3 Å². The van der Waals surface area contributed by atoms with Crippen LogP contribution in [0.4, 0.5) is 0 Å². The molecule has 0 aliphatic rings. The van der Waals surface area contributed by atoms with Gasteiger partial charge in [-0.25, -0.2) is 0 Å². The number of rotatable bonds is 8. The van der Waals surface area contributed by atoms with Gasteiger partial charge in [0, 0.05) is 5.02 Å². The molecular weight excluding hydrogens is 342 g/mol. The minimum absolute atomic E-state index is 0.167. The number of hydrogen-bond acceptors (Lipinski definition) is 4. The van der Waals surface area contributed by atoms with Crippen LogP contribution in [0.2, 0.25) is 5.02 Å². The molecule has 0 fully saturated rings. The number of halogens is 1. The maximum absolute atomic E-state index is 12.2. The summed E-state index contributed by atoms with van der Waals surface area (Å²) in [6.45, 7) is 3.91. The van der Waals surface area contributed by atoms with E-state index in [1.165, 1.54) is 0 Å². The van der Waals surface area contributed by atoms with E-state index in [1.807, 2.05) is 31.2 Å². The SMILES string of the molecule is COc1ccc(OCC(C)NC(=O)C(C)Oc2cccc(Cl)c2)cc1. The zero-order valence-corrected chi connectivity index (χ0v) is 15.2. The lowest BCUT2D eigenvalue weighted by atomic mass is 10.3. The highest BCUT2D eigenvalue weighted by Crippen LogP contribution is 2.19. The fourth-order valence-corrected chi connectivity index (χ4v) is 2.27. The Balaban J connectivity index is 1.78. The normalized spacial score (nSPS) is 12.8. The van der Waals surface area contributed by atoms with Crippen LogP contribution in [0.1, 0.15) is 13.8 Å². The molecule has 1 N–H and O–H groups in total. The summed E-state index contributed by atoms with van der Waals surface area (Å²) in [5, 5.41) is 3.42. The Kier molecular flexibility index (Phi) is 6.95. The van der Waals surface area contributed by atoms with Gasteiger partial charge in [-0.05, 0) is 56.3 Å². The second kappa shape index (κ2) is 9.18. The van der Waals surface area contributed by atoms with Crippen LogP contribution in [0.3, 0.4) is 0 Å². The van der Waals surface area contributed by atoms with Crippen molar-refractivity contribution in [3.05, 3.63) is 53.6 Å². The molecule has 0 saturated carbocycles. The molecule has 0 aromatic heterocycles. The smallest absolute Gasteiger partial charge is 0.261 e. The van der Waals surface area contributed by atoms with Crippen molar-refractivity contribution in [1.29, 1.82) is 0 Å². The van der Waals surface area contributed by atoms with Crippen LogP contribution in [0.25, 0.3) is 0 Å². The molecule has 0 saturated heterocycles. The highest BCUT2D eigenvalue weighted by molar-refractivity contribution is 6.30. The molecule has 1 amide bonds. The van der Waals surface area contributed by atoms with Gasteiger partial charge in [-0.2, -0.15) is 0 Å². The van der Waals surface area contributed by atoms with E-state index in [9.17, 15) is 4.79 Å². The van der Waals surface area contributed by atoms with Gasteiger partial charge in [0.2, 0.25) is 0 Å². The molecule has 134 valence electrons. The summed E-state index contributed by atoms with van der Waals surface area (Å²) in [7, 11) is 1.61. The largest absolute Gasteiger partial charge is 0.497 e. The number of benzene rings is 2. The van der Waals surface area contributed by atoms with Gasteiger partial charge in [0.15, 0.2) is 6.10 Å². The second-order valence-electron chi connectivity index (χ2n) is 5.61.